The van der Waals surface area contributed by atoms with Gasteiger partial charge in [0.15, 0.2) is 6.61 Å². The van der Waals surface area contributed by atoms with Gasteiger partial charge in [-0.2, -0.15) is 0 Å². The van der Waals surface area contributed by atoms with Gasteiger partial charge in [0.2, 0.25) is 0 Å². The molecule has 3 aromatic rings. The second kappa shape index (κ2) is 10.9. The third-order valence-electron chi connectivity index (χ3n) is 5.31. The number of hydrogen-bond donors (Lipinski definition) is 1. The fraction of sp³-hybridized carbons (Fsp3) is 0.115. The maximum atomic E-state index is 12.8. The Balaban J connectivity index is 1.39. The van der Waals surface area contributed by atoms with E-state index in [1.54, 1.807) is 30.3 Å². The van der Waals surface area contributed by atoms with Crippen LogP contribution in [0.15, 0.2) is 77.7 Å². The quantitative estimate of drug-likeness (QED) is 0.256. The Morgan fingerprint density at radius 2 is 1.83 bits per heavy atom. The number of rotatable bonds is 8. The fourth-order valence-electron chi connectivity index (χ4n) is 3.44. The number of anilines is 1. The van der Waals surface area contributed by atoms with Gasteiger partial charge in [0.25, 0.3) is 22.7 Å². The van der Waals surface area contributed by atoms with Gasteiger partial charge in [0.1, 0.15) is 5.75 Å². The van der Waals surface area contributed by atoms with E-state index in [9.17, 15) is 24.5 Å². The number of aryl methyl sites for hydroxylation is 1. The summed E-state index contributed by atoms with van der Waals surface area (Å²) in [5.74, 6) is -0.317. The number of amides is 3. The molecule has 0 radical (unpaired) electrons. The highest BCUT2D eigenvalue weighted by molar-refractivity contribution is 8.18. The molecule has 1 fully saturated rings. The minimum Gasteiger partial charge on any atom is -0.484 e. The molecule has 0 aromatic heterocycles. The lowest BCUT2D eigenvalue weighted by Crippen LogP contribution is -2.27. The molecule has 1 aliphatic heterocycles. The SMILES string of the molecule is Cc1ccccc1NC(=O)COc1cccc(/C=C2\SC(=O)N(Cc3ccc([N+](=O)[O-])cc3)C2=O)c1. The lowest BCUT2D eigenvalue weighted by molar-refractivity contribution is -0.384. The molecule has 4 rings (SSSR count). The molecule has 0 aliphatic carbocycles. The Kier molecular flexibility index (Phi) is 7.45. The van der Waals surface area contributed by atoms with Gasteiger partial charge in [-0.1, -0.05) is 42.5 Å². The second-order valence-electron chi connectivity index (χ2n) is 7.92. The number of non-ortho nitro benzene ring substituents is 1. The summed E-state index contributed by atoms with van der Waals surface area (Å²) < 4.78 is 5.60. The van der Waals surface area contributed by atoms with Crippen LogP contribution in [0.4, 0.5) is 16.2 Å². The summed E-state index contributed by atoms with van der Waals surface area (Å²) in [6.45, 7) is 1.72. The summed E-state index contributed by atoms with van der Waals surface area (Å²) in [7, 11) is 0. The molecule has 36 heavy (non-hydrogen) atoms. The third kappa shape index (κ3) is 5.97. The van der Waals surface area contributed by atoms with Gasteiger partial charge < -0.3 is 10.1 Å². The van der Waals surface area contributed by atoms with Crippen LogP contribution in [0, 0.1) is 17.0 Å². The van der Waals surface area contributed by atoms with E-state index < -0.39 is 16.1 Å². The van der Waals surface area contributed by atoms with Crippen molar-refractivity contribution in [1.29, 1.82) is 0 Å². The molecule has 0 atom stereocenters. The zero-order chi connectivity index (χ0) is 25.7. The van der Waals surface area contributed by atoms with E-state index >= 15 is 0 Å². The molecule has 182 valence electrons. The average Bonchev–Trinajstić information content (AvgIpc) is 3.12. The zero-order valence-electron chi connectivity index (χ0n) is 19.2. The Labute approximate surface area is 210 Å². The van der Waals surface area contributed by atoms with Crippen LogP contribution in [0.2, 0.25) is 0 Å². The third-order valence-corrected chi connectivity index (χ3v) is 6.21. The number of para-hydroxylation sites is 1. The molecule has 0 bridgehead atoms. The van der Waals surface area contributed by atoms with Crippen molar-refractivity contribution in [1.82, 2.24) is 4.90 Å². The highest BCUT2D eigenvalue weighted by Gasteiger charge is 2.35. The van der Waals surface area contributed by atoms with E-state index in [-0.39, 0.29) is 29.7 Å². The Morgan fingerprint density at radius 1 is 1.08 bits per heavy atom. The number of nitrogens with one attached hydrogen (secondary N) is 1. The van der Waals surface area contributed by atoms with Crippen molar-refractivity contribution in [2.45, 2.75) is 13.5 Å². The van der Waals surface area contributed by atoms with Crippen LogP contribution in [0.1, 0.15) is 16.7 Å². The van der Waals surface area contributed by atoms with E-state index in [0.29, 0.717) is 22.6 Å². The number of nitro benzene ring substituents is 1. The molecule has 1 N–H and O–H groups in total. The number of nitro groups is 1. The van der Waals surface area contributed by atoms with Crippen LogP contribution >= 0.6 is 11.8 Å². The molecular formula is C26H21N3O6S. The molecule has 10 heteroatoms. The molecule has 1 heterocycles. The summed E-state index contributed by atoms with van der Waals surface area (Å²) in [6.07, 6.45) is 1.58. The van der Waals surface area contributed by atoms with E-state index in [4.69, 9.17) is 4.74 Å². The van der Waals surface area contributed by atoms with Crippen LogP contribution in [0.5, 0.6) is 5.75 Å². The average molecular weight is 504 g/mol. The number of thioether (sulfide) groups is 1. The molecular weight excluding hydrogens is 482 g/mol. The first-order chi connectivity index (χ1) is 17.3. The zero-order valence-corrected chi connectivity index (χ0v) is 20.0. The second-order valence-corrected chi connectivity index (χ2v) is 8.91. The van der Waals surface area contributed by atoms with Crippen LogP contribution in [-0.2, 0) is 16.1 Å². The van der Waals surface area contributed by atoms with Gasteiger partial charge in [0.05, 0.1) is 16.4 Å². The van der Waals surface area contributed by atoms with E-state index in [1.807, 2.05) is 31.2 Å². The van der Waals surface area contributed by atoms with Crippen LogP contribution in [0.25, 0.3) is 6.08 Å². The van der Waals surface area contributed by atoms with Gasteiger partial charge in [-0.25, -0.2) is 0 Å². The minimum absolute atomic E-state index is 0.0130. The number of carbonyl (C=O) groups excluding carboxylic acids is 3. The normalized spacial score (nSPS) is 14.2. The first-order valence-electron chi connectivity index (χ1n) is 10.9. The summed E-state index contributed by atoms with van der Waals surface area (Å²) in [5.41, 5.74) is 2.82. The number of benzene rings is 3. The molecule has 1 aliphatic rings. The number of hydrogen-bond acceptors (Lipinski definition) is 7. The van der Waals surface area contributed by atoms with Crippen molar-refractivity contribution in [3.05, 3.63) is 105 Å². The highest BCUT2D eigenvalue weighted by atomic mass is 32.2. The van der Waals surface area contributed by atoms with E-state index in [0.717, 1.165) is 22.2 Å². The van der Waals surface area contributed by atoms with Crippen LogP contribution < -0.4 is 10.1 Å². The fourth-order valence-corrected chi connectivity index (χ4v) is 4.27. The lowest BCUT2D eigenvalue weighted by Gasteiger charge is -2.12. The summed E-state index contributed by atoms with van der Waals surface area (Å²) in [5, 5.41) is 13.2. The number of ether oxygens (including phenoxy) is 1. The van der Waals surface area contributed by atoms with E-state index in [2.05, 4.69) is 5.32 Å². The molecule has 3 aromatic carbocycles. The van der Waals surface area contributed by atoms with Crippen LogP contribution in [0.3, 0.4) is 0 Å². The van der Waals surface area contributed by atoms with Gasteiger partial charge in [0, 0.05) is 17.8 Å². The number of imide groups is 1. The van der Waals surface area contributed by atoms with Crippen molar-refractivity contribution in [3.63, 3.8) is 0 Å². The summed E-state index contributed by atoms with van der Waals surface area (Å²) in [4.78, 5) is 49.1. The summed E-state index contributed by atoms with van der Waals surface area (Å²) in [6, 6.07) is 20.0. The maximum absolute atomic E-state index is 12.8. The first-order valence-corrected chi connectivity index (χ1v) is 11.7. The monoisotopic (exact) mass is 503 g/mol. The number of carbonyl (C=O) groups is 3. The van der Waals surface area contributed by atoms with Gasteiger partial charge >= 0.3 is 0 Å². The Bertz CT molecular complexity index is 1370. The van der Waals surface area contributed by atoms with E-state index in [1.165, 1.54) is 24.3 Å². The minimum atomic E-state index is -0.513. The topological polar surface area (TPSA) is 119 Å². The van der Waals surface area contributed by atoms with Crippen molar-refractivity contribution in [2.75, 3.05) is 11.9 Å². The van der Waals surface area contributed by atoms with Gasteiger partial charge in [-0.05, 0) is 59.7 Å². The smallest absolute Gasteiger partial charge is 0.293 e. The number of nitrogens with zero attached hydrogens (tertiary/aromatic N) is 2. The highest BCUT2D eigenvalue weighted by Crippen LogP contribution is 2.34. The summed E-state index contributed by atoms with van der Waals surface area (Å²) >= 11 is 0.816. The Morgan fingerprint density at radius 3 is 2.56 bits per heavy atom. The predicted octanol–water partition coefficient (Wildman–Crippen LogP) is 5.16. The molecule has 0 unspecified atom stereocenters. The predicted molar refractivity (Wildman–Crippen MR) is 136 cm³/mol. The first kappa shape index (κ1) is 24.7. The molecule has 0 spiro atoms. The van der Waals surface area contributed by atoms with Crippen molar-refractivity contribution < 1.29 is 24.0 Å². The van der Waals surface area contributed by atoms with Crippen molar-refractivity contribution in [3.8, 4) is 5.75 Å². The largest absolute Gasteiger partial charge is 0.484 e. The maximum Gasteiger partial charge on any atom is 0.293 e. The van der Waals surface area contributed by atoms with Gasteiger partial charge in [-0.3, -0.25) is 29.4 Å². The molecule has 3 amide bonds. The van der Waals surface area contributed by atoms with Gasteiger partial charge in [-0.15, -0.1) is 0 Å². The van der Waals surface area contributed by atoms with Crippen LogP contribution in [-0.4, -0.2) is 33.5 Å². The standard InChI is InChI=1S/C26H21N3O6S/c1-17-5-2-3-8-22(17)27-24(30)16-35-21-7-4-6-19(13-21)14-23-25(31)28(26(32)36-23)15-18-9-11-20(12-10-18)29(33)34/h2-14H,15-16H2,1H3,(H,27,30)/b23-14-. The molecule has 9 nitrogen and oxygen atoms in total. The van der Waals surface area contributed by atoms with Crippen molar-refractivity contribution in [2.24, 2.45) is 0 Å². The van der Waals surface area contributed by atoms with Crippen molar-refractivity contribution >= 4 is 46.3 Å². The lowest BCUT2D eigenvalue weighted by atomic mass is 10.2. The Hall–Kier alpha value is -4.44. The molecule has 1 saturated heterocycles. The molecule has 0 saturated carbocycles.